The van der Waals surface area contributed by atoms with Crippen LogP contribution in [0.1, 0.15) is 23.3 Å². The van der Waals surface area contributed by atoms with Crippen LogP contribution in [0, 0.1) is 17.5 Å². The van der Waals surface area contributed by atoms with Gasteiger partial charge in [0, 0.05) is 31.2 Å². The average molecular weight is 468 g/mol. The molecule has 8 nitrogen and oxygen atoms in total. The molecule has 1 aliphatic heterocycles. The van der Waals surface area contributed by atoms with Gasteiger partial charge in [-0.05, 0) is 31.0 Å². The van der Waals surface area contributed by atoms with E-state index in [1.807, 2.05) is 0 Å². The van der Waals surface area contributed by atoms with Crippen LogP contribution in [-0.2, 0) is 14.8 Å². The summed E-state index contributed by atoms with van der Waals surface area (Å²) in [5.41, 5.74) is -1.98. The third-order valence-electron chi connectivity index (χ3n) is 5.34. The van der Waals surface area contributed by atoms with Crippen LogP contribution in [0.15, 0.2) is 24.3 Å². The van der Waals surface area contributed by atoms with E-state index in [0.717, 1.165) is 18.2 Å². The summed E-state index contributed by atoms with van der Waals surface area (Å²) in [7, 11) is -2.59. The van der Waals surface area contributed by atoms with Crippen LogP contribution in [0.4, 0.5) is 18.9 Å². The van der Waals surface area contributed by atoms with Gasteiger partial charge in [0.05, 0.1) is 16.5 Å². The number of anilines is 1. The van der Waals surface area contributed by atoms with E-state index in [4.69, 9.17) is 4.74 Å². The van der Waals surface area contributed by atoms with E-state index in [1.54, 1.807) is 0 Å². The van der Waals surface area contributed by atoms with Crippen molar-refractivity contribution in [2.75, 3.05) is 25.0 Å². The van der Waals surface area contributed by atoms with Crippen molar-refractivity contribution in [3.05, 3.63) is 47.4 Å². The lowest BCUT2D eigenvalue weighted by Gasteiger charge is -2.23. The first-order valence-corrected chi connectivity index (χ1v) is 11.3. The highest BCUT2D eigenvalue weighted by Gasteiger charge is 2.30. The number of H-pyrrole nitrogens is 1. The molecular weight excluding hydrogens is 449 g/mol. The number of nitrogens with zero attached hydrogens (tertiary/aromatic N) is 1. The highest BCUT2D eigenvalue weighted by molar-refractivity contribution is 7.93. The number of aromatic amines is 1. The van der Waals surface area contributed by atoms with Crippen LogP contribution in [0.3, 0.4) is 0 Å². The lowest BCUT2D eigenvalue weighted by Crippen LogP contribution is -2.33. The number of carbonyl (C=O) groups is 1. The summed E-state index contributed by atoms with van der Waals surface area (Å²) in [6.45, 7) is 0.520. The first-order valence-electron chi connectivity index (χ1n) is 9.71. The van der Waals surface area contributed by atoms with Crippen molar-refractivity contribution in [2.45, 2.75) is 18.1 Å². The molecule has 12 heteroatoms. The molecule has 0 saturated carbocycles. The molecule has 32 heavy (non-hydrogen) atoms. The lowest BCUT2D eigenvalue weighted by atomic mass is 10.0. The van der Waals surface area contributed by atoms with E-state index in [-0.39, 0.29) is 42.7 Å². The number of benzene rings is 2. The number of aromatic nitrogens is 2. The highest BCUT2D eigenvalue weighted by Crippen LogP contribution is 2.36. The molecule has 0 spiro atoms. The molecular formula is C20H19F3N4O4S. The minimum absolute atomic E-state index is 0.0770. The quantitative estimate of drug-likeness (QED) is 0.533. The van der Waals surface area contributed by atoms with Crippen LogP contribution in [0.5, 0.6) is 0 Å². The van der Waals surface area contributed by atoms with Gasteiger partial charge in [-0.2, -0.15) is 5.10 Å². The molecule has 1 amide bonds. The van der Waals surface area contributed by atoms with Gasteiger partial charge in [0.2, 0.25) is 10.0 Å². The molecule has 0 atom stereocenters. The maximum absolute atomic E-state index is 15.2. The Morgan fingerprint density at radius 3 is 2.53 bits per heavy atom. The normalized spacial score (nSPS) is 15.1. The molecule has 4 rings (SSSR count). The molecule has 0 radical (unpaired) electrons. The van der Waals surface area contributed by atoms with Crippen LogP contribution < -0.4 is 10.0 Å². The van der Waals surface area contributed by atoms with Crippen LogP contribution in [-0.4, -0.2) is 50.0 Å². The number of amides is 1. The molecule has 3 aromatic rings. The van der Waals surface area contributed by atoms with E-state index >= 15 is 8.78 Å². The Morgan fingerprint density at radius 1 is 1.12 bits per heavy atom. The van der Waals surface area contributed by atoms with E-state index < -0.39 is 55.4 Å². The van der Waals surface area contributed by atoms with Crippen molar-refractivity contribution < 1.29 is 31.1 Å². The monoisotopic (exact) mass is 468 g/mol. The van der Waals surface area contributed by atoms with Crippen molar-refractivity contribution in [3.63, 3.8) is 0 Å². The predicted molar refractivity (Wildman–Crippen MR) is 111 cm³/mol. The summed E-state index contributed by atoms with van der Waals surface area (Å²) < 4.78 is 77.5. The van der Waals surface area contributed by atoms with Gasteiger partial charge in [0.1, 0.15) is 11.3 Å². The summed E-state index contributed by atoms with van der Waals surface area (Å²) in [5, 5.41) is 7.82. The molecule has 2 aromatic carbocycles. The second kappa shape index (κ2) is 8.43. The summed E-state index contributed by atoms with van der Waals surface area (Å²) in [6.07, 6.45) is 0.480. The first-order chi connectivity index (χ1) is 15.2. The summed E-state index contributed by atoms with van der Waals surface area (Å²) in [6, 6.07) is 4.21. The third kappa shape index (κ3) is 3.79. The summed E-state index contributed by atoms with van der Waals surface area (Å²) >= 11 is 0. The zero-order valence-corrected chi connectivity index (χ0v) is 17.7. The zero-order valence-electron chi connectivity index (χ0n) is 16.8. The molecule has 1 fully saturated rings. The molecule has 3 N–H and O–H groups in total. The first kappa shape index (κ1) is 22.1. The maximum atomic E-state index is 15.2. The van der Waals surface area contributed by atoms with E-state index in [1.165, 1.54) is 13.1 Å². The number of hydrogen-bond acceptors (Lipinski definition) is 5. The Hall–Kier alpha value is -3.12. The number of hydrogen-bond donors (Lipinski definition) is 3. The van der Waals surface area contributed by atoms with Crippen LogP contribution in [0.25, 0.3) is 22.0 Å². The highest BCUT2D eigenvalue weighted by atomic mass is 32.2. The third-order valence-corrected chi connectivity index (χ3v) is 7.19. The summed E-state index contributed by atoms with van der Waals surface area (Å²) in [4.78, 5) is 11.9. The van der Waals surface area contributed by atoms with Gasteiger partial charge in [0.15, 0.2) is 17.3 Å². The Balaban J connectivity index is 1.77. The summed E-state index contributed by atoms with van der Waals surface area (Å²) in [5.74, 6) is -3.94. The molecule has 1 aromatic heterocycles. The lowest BCUT2D eigenvalue weighted by molar-refractivity contribution is 0.0959. The number of carbonyl (C=O) groups excluding carboxylic acids is 1. The van der Waals surface area contributed by atoms with E-state index in [0.29, 0.717) is 0 Å². The topological polar surface area (TPSA) is 113 Å². The van der Waals surface area contributed by atoms with E-state index in [2.05, 4.69) is 20.2 Å². The maximum Gasteiger partial charge on any atom is 0.272 e. The van der Waals surface area contributed by atoms with Gasteiger partial charge in [-0.25, -0.2) is 21.6 Å². The second-order valence-corrected chi connectivity index (χ2v) is 9.20. The Bertz CT molecular complexity index is 1300. The molecule has 2 heterocycles. The molecule has 0 aliphatic carbocycles. The molecule has 1 aliphatic rings. The second-order valence-electron chi connectivity index (χ2n) is 7.24. The fourth-order valence-corrected chi connectivity index (χ4v) is 5.08. The number of halogens is 3. The number of fused-ring (bicyclic) bond motifs is 1. The number of rotatable bonds is 5. The van der Waals surface area contributed by atoms with Gasteiger partial charge in [0.25, 0.3) is 5.91 Å². The van der Waals surface area contributed by atoms with Gasteiger partial charge < -0.3 is 10.1 Å². The standard InChI is InChI=1S/C20H19F3N4O4S/c1-24-20(28)19-12-3-2-11(16(22)18(12)25-26-19)15-13(21)4-5-14(17(15)23)27-32(29,30)10-6-8-31-9-7-10/h2-5,10,27H,6-9H2,1H3,(H,24,28)(H,25,26). The van der Waals surface area contributed by atoms with Crippen molar-refractivity contribution in [2.24, 2.45) is 0 Å². The number of sulfonamides is 1. The fraction of sp³-hybridized carbons (Fsp3) is 0.300. The largest absolute Gasteiger partial charge is 0.381 e. The Labute approximate surface area is 181 Å². The molecule has 170 valence electrons. The fourth-order valence-electron chi connectivity index (χ4n) is 3.64. The molecule has 0 bridgehead atoms. The molecule has 0 unspecified atom stereocenters. The molecule has 1 saturated heterocycles. The predicted octanol–water partition coefficient (Wildman–Crippen LogP) is 2.93. The number of ether oxygens (including phenoxy) is 1. The number of nitrogens with one attached hydrogen (secondary N) is 3. The van der Waals surface area contributed by atoms with Crippen molar-refractivity contribution in [1.82, 2.24) is 15.5 Å². The van der Waals surface area contributed by atoms with Gasteiger partial charge >= 0.3 is 0 Å². The SMILES string of the molecule is CNC(=O)c1n[nH]c2c(F)c(-c3c(F)ccc(NS(=O)(=O)C4CCOCC4)c3F)ccc12. The zero-order chi connectivity index (χ0) is 23.0. The Kier molecular flexibility index (Phi) is 5.82. The Morgan fingerprint density at radius 2 is 1.84 bits per heavy atom. The minimum atomic E-state index is -3.97. The van der Waals surface area contributed by atoms with Crippen molar-refractivity contribution >= 4 is 32.5 Å². The van der Waals surface area contributed by atoms with E-state index in [9.17, 15) is 17.6 Å². The van der Waals surface area contributed by atoms with Gasteiger partial charge in [-0.1, -0.05) is 6.07 Å². The minimum Gasteiger partial charge on any atom is -0.381 e. The smallest absolute Gasteiger partial charge is 0.272 e. The van der Waals surface area contributed by atoms with Crippen LogP contribution in [0.2, 0.25) is 0 Å². The van der Waals surface area contributed by atoms with Crippen LogP contribution >= 0.6 is 0 Å². The average Bonchev–Trinajstić information content (AvgIpc) is 3.22. The van der Waals surface area contributed by atoms with Gasteiger partial charge in [-0.3, -0.25) is 14.6 Å². The van der Waals surface area contributed by atoms with Crippen molar-refractivity contribution in [1.29, 1.82) is 0 Å². The van der Waals surface area contributed by atoms with Crippen molar-refractivity contribution in [3.8, 4) is 11.1 Å². The van der Waals surface area contributed by atoms with Gasteiger partial charge in [-0.15, -0.1) is 0 Å².